The van der Waals surface area contributed by atoms with E-state index in [1.165, 1.54) is 13.5 Å². The summed E-state index contributed by atoms with van der Waals surface area (Å²) in [6, 6.07) is 1.96. The quantitative estimate of drug-likeness (QED) is 0.539. The van der Waals surface area contributed by atoms with Gasteiger partial charge in [0.1, 0.15) is 11.4 Å². The largest absolute Gasteiger partial charge is 0.469 e. The van der Waals surface area contributed by atoms with Crippen LogP contribution in [0.5, 0.6) is 0 Å². The minimum absolute atomic E-state index is 0.153. The van der Waals surface area contributed by atoms with Gasteiger partial charge in [-0.05, 0) is 57.8 Å². The highest BCUT2D eigenvalue weighted by Crippen LogP contribution is 2.46. The van der Waals surface area contributed by atoms with Crippen LogP contribution in [0.3, 0.4) is 0 Å². The Hall–Kier alpha value is -1.85. The van der Waals surface area contributed by atoms with E-state index in [9.17, 15) is 9.59 Å². The van der Waals surface area contributed by atoms with Gasteiger partial charge in [0.15, 0.2) is 0 Å². The number of nitrogens with zero attached hydrogens (tertiary/aromatic N) is 1. The lowest BCUT2D eigenvalue weighted by molar-refractivity contribution is -0.155. The summed E-state index contributed by atoms with van der Waals surface area (Å²) in [6.07, 6.45) is 4.30. The van der Waals surface area contributed by atoms with Crippen molar-refractivity contribution in [3.05, 3.63) is 17.5 Å². The fourth-order valence-corrected chi connectivity index (χ4v) is 4.02. The van der Waals surface area contributed by atoms with Gasteiger partial charge in [0.05, 0.1) is 19.2 Å². The third-order valence-electron chi connectivity index (χ3n) is 5.26. The van der Waals surface area contributed by atoms with Gasteiger partial charge in [-0.25, -0.2) is 0 Å². The molecule has 1 atom stereocenters. The molecular formula is C23H37NO5. The first-order chi connectivity index (χ1) is 13.4. The number of ether oxygens (including phenoxy) is 2. The van der Waals surface area contributed by atoms with Crippen LogP contribution in [0.1, 0.15) is 103 Å². The summed E-state index contributed by atoms with van der Waals surface area (Å²) < 4.78 is 15.8. The summed E-state index contributed by atoms with van der Waals surface area (Å²) >= 11 is 0. The molecule has 0 spiro atoms. The molecule has 1 fully saturated rings. The topological polar surface area (TPSA) is 78.6 Å². The molecule has 0 amide bonds. The van der Waals surface area contributed by atoms with Gasteiger partial charge in [-0.3, -0.25) is 9.59 Å². The van der Waals surface area contributed by atoms with E-state index in [0.717, 1.165) is 24.5 Å². The van der Waals surface area contributed by atoms with Gasteiger partial charge in [-0.15, -0.1) is 0 Å². The van der Waals surface area contributed by atoms with Gasteiger partial charge in [0, 0.05) is 24.3 Å². The fraction of sp³-hybridized carbons (Fsp3) is 0.783. The second kappa shape index (κ2) is 9.31. The van der Waals surface area contributed by atoms with E-state index in [4.69, 9.17) is 14.0 Å². The zero-order chi connectivity index (χ0) is 21.8. The van der Waals surface area contributed by atoms with E-state index < -0.39 is 5.60 Å². The summed E-state index contributed by atoms with van der Waals surface area (Å²) in [7, 11) is 1.36. The smallest absolute Gasteiger partial charge is 0.307 e. The minimum Gasteiger partial charge on any atom is -0.469 e. The van der Waals surface area contributed by atoms with Crippen LogP contribution in [0, 0.1) is 11.3 Å². The van der Waals surface area contributed by atoms with E-state index in [2.05, 4.69) is 25.9 Å². The zero-order valence-corrected chi connectivity index (χ0v) is 19.0. The van der Waals surface area contributed by atoms with Crippen molar-refractivity contribution >= 4 is 11.9 Å². The SMILES string of the molecule is COC(=O)CC[C@@H](CC(=O)OC(C)(C)C)c1cc(C2CC(CC(C)(C)C)C2)no1. The maximum Gasteiger partial charge on any atom is 0.307 e. The number of rotatable bonds is 8. The maximum absolute atomic E-state index is 12.3. The number of aromatic nitrogens is 1. The van der Waals surface area contributed by atoms with E-state index in [0.29, 0.717) is 23.5 Å². The second-order valence-corrected chi connectivity index (χ2v) is 10.6. The first-order valence-corrected chi connectivity index (χ1v) is 10.6. The lowest BCUT2D eigenvalue weighted by Crippen LogP contribution is -2.26. The van der Waals surface area contributed by atoms with E-state index >= 15 is 0 Å². The number of carbonyl (C=O) groups is 2. The molecular weight excluding hydrogens is 370 g/mol. The van der Waals surface area contributed by atoms with Crippen LogP contribution in [0.15, 0.2) is 10.6 Å². The average molecular weight is 408 g/mol. The van der Waals surface area contributed by atoms with Crippen molar-refractivity contribution in [3.63, 3.8) is 0 Å². The third kappa shape index (κ3) is 7.82. The normalized spacial score (nSPS) is 20.7. The Kier molecular flexibility index (Phi) is 7.52. The highest BCUT2D eigenvalue weighted by atomic mass is 16.6. The molecule has 0 radical (unpaired) electrons. The molecule has 1 saturated carbocycles. The van der Waals surface area contributed by atoms with Gasteiger partial charge in [0.2, 0.25) is 0 Å². The maximum atomic E-state index is 12.3. The first-order valence-electron chi connectivity index (χ1n) is 10.6. The monoisotopic (exact) mass is 407 g/mol. The number of esters is 2. The molecule has 6 heteroatoms. The average Bonchev–Trinajstić information content (AvgIpc) is 3.00. The summed E-state index contributed by atoms with van der Waals surface area (Å²) in [5.41, 5.74) is 0.749. The molecule has 1 aliphatic rings. The summed E-state index contributed by atoms with van der Waals surface area (Å²) in [5, 5.41) is 4.28. The van der Waals surface area contributed by atoms with Gasteiger partial charge >= 0.3 is 11.9 Å². The number of hydrogen-bond donors (Lipinski definition) is 0. The molecule has 0 N–H and O–H groups in total. The first kappa shape index (κ1) is 23.4. The van der Waals surface area contributed by atoms with Crippen LogP contribution in [0.25, 0.3) is 0 Å². The number of methoxy groups -OCH3 is 1. The summed E-state index contributed by atoms with van der Waals surface area (Å²) in [4.78, 5) is 23.9. The molecule has 0 aliphatic heterocycles. The third-order valence-corrected chi connectivity index (χ3v) is 5.26. The van der Waals surface area contributed by atoms with Gasteiger partial charge in [-0.2, -0.15) is 0 Å². The molecule has 1 aromatic rings. The van der Waals surface area contributed by atoms with E-state index in [1.807, 2.05) is 26.8 Å². The second-order valence-electron chi connectivity index (χ2n) is 10.6. The van der Waals surface area contributed by atoms with E-state index in [1.54, 1.807) is 0 Å². The lowest BCUT2D eigenvalue weighted by Gasteiger charge is -2.37. The van der Waals surface area contributed by atoms with Crippen molar-refractivity contribution < 1.29 is 23.6 Å². The predicted molar refractivity (Wildman–Crippen MR) is 110 cm³/mol. The lowest BCUT2D eigenvalue weighted by atomic mass is 9.67. The van der Waals surface area contributed by atoms with Crippen molar-refractivity contribution in [2.24, 2.45) is 11.3 Å². The van der Waals surface area contributed by atoms with Crippen LogP contribution in [-0.2, 0) is 19.1 Å². The molecule has 0 aromatic carbocycles. The van der Waals surface area contributed by atoms with Gasteiger partial charge in [0.25, 0.3) is 0 Å². The van der Waals surface area contributed by atoms with Crippen LogP contribution < -0.4 is 0 Å². The Morgan fingerprint density at radius 3 is 2.38 bits per heavy atom. The fourth-order valence-electron chi connectivity index (χ4n) is 4.02. The van der Waals surface area contributed by atoms with Crippen LogP contribution in [-0.4, -0.2) is 29.8 Å². The predicted octanol–water partition coefficient (Wildman–Crippen LogP) is 5.37. The summed E-state index contributed by atoms with van der Waals surface area (Å²) in [6.45, 7) is 12.3. The Bertz CT molecular complexity index is 689. The Morgan fingerprint density at radius 1 is 1.17 bits per heavy atom. The Labute approximate surface area is 174 Å². The van der Waals surface area contributed by atoms with Gasteiger partial charge < -0.3 is 14.0 Å². The Morgan fingerprint density at radius 2 is 1.83 bits per heavy atom. The molecule has 1 aliphatic carbocycles. The molecule has 1 aromatic heterocycles. The minimum atomic E-state index is -0.551. The standard InChI is InChI=1S/C23H37NO5/c1-22(2,3)14-15-10-17(11-15)18-13-19(29-24-18)16(8-9-20(25)27-7)12-21(26)28-23(4,5)6/h13,15-17H,8-12,14H2,1-7H3/t15?,16-,17?/m0/s1. The van der Waals surface area contributed by atoms with Crippen molar-refractivity contribution in [1.82, 2.24) is 5.16 Å². The molecule has 6 nitrogen and oxygen atoms in total. The van der Waals surface area contributed by atoms with E-state index in [-0.39, 0.29) is 30.7 Å². The molecule has 29 heavy (non-hydrogen) atoms. The zero-order valence-electron chi connectivity index (χ0n) is 19.0. The molecule has 2 rings (SSSR count). The van der Waals surface area contributed by atoms with Gasteiger partial charge in [-0.1, -0.05) is 25.9 Å². The molecule has 1 heterocycles. The molecule has 0 unspecified atom stereocenters. The number of hydrogen-bond acceptors (Lipinski definition) is 6. The van der Waals surface area contributed by atoms with Crippen LogP contribution in [0.2, 0.25) is 0 Å². The highest BCUT2D eigenvalue weighted by molar-refractivity contribution is 5.72. The van der Waals surface area contributed by atoms with Crippen molar-refractivity contribution in [1.29, 1.82) is 0 Å². The molecule has 0 saturated heterocycles. The Balaban J connectivity index is 2.01. The van der Waals surface area contributed by atoms with Crippen molar-refractivity contribution in [2.75, 3.05) is 7.11 Å². The summed E-state index contributed by atoms with van der Waals surface area (Å²) in [5.74, 6) is 0.937. The number of carbonyl (C=O) groups excluding carboxylic acids is 2. The molecule has 0 bridgehead atoms. The van der Waals surface area contributed by atoms with Crippen molar-refractivity contribution in [3.8, 4) is 0 Å². The molecule has 164 valence electrons. The van der Waals surface area contributed by atoms with Crippen LogP contribution >= 0.6 is 0 Å². The van der Waals surface area contributed by atoms with Crippen LogP contribution in [0.4, 0.5) is 0 Å². The highest BCUT2D eigenvalue weighted by Gasteiger charge is 2.35. The van der Waals surface area contributed by atoms with Crippen molar-refractivity contribution in [2.45, 2.75) is 97.5 Å².